The summed E-state index contributed by atoms with van der Waals surface area (Å²) in [6.07, 6.45) is 2.24. The molecule has 1 radical (unpaired) electrons. The Morgan fingerprint density at radius 2 is 1.40 bits per heavy atom. The molecule has 0 amide bonds. The van der Waals surface area contributed by atoms with Crippen molar-refractivity contribution in [1.29, 1.82) is 0 Å². The topological polar surface area (TPSA) is 104 Å². The summed E-state index contributed by atoms with van der Waals surface area (Å²) in [4.78, 5) is 31.2. The van der Waals surface area contributed by atoms with E-state index in [4.69, 9.17) is 10.1 Å². The van der Waals surface area contributed by atoms with E-state index in [0.717, 1.165) is 47.8 Å². The van der Waals surface area contributed by atoms with Crippen molar-refractivity contribution in [3.63, 3.8) is 0 Å². The largest absolute Gasteiger partial charge is 0.400 e. The van der Waals surface area contributed by atoms with Crippen LogP contribution in [0.4, 0.5) is 0 Å². The van der Waals surface area contributed by atoms with Crippen molar-refractivity contribution < 1.29 is 52.6 Å². The standard InChI is InChI=1S/C21H17N3O3.CH4O.Y/c25-12-14-1-5-16(6-2-14)20-18-9-10-24(27)11-19(18)22-21(23-20)17-7-3-15(13-26)4-8-17;1-2;/h1-8,12-13,27H,9-11H2;2H,1H3;. The second-order valence-electron chi connectivity index (χ2n) is 6.44. The molecule has 2 heterocycles. The molecule has 0 spiro atoms. The van der Waals surface area contributed by atoms with Crippen LogP contribution in [0.2, 0.25) is 0 Å². The van der Waals surface area contributed by atoms with Gasteiger partial charge < -0.3 is 10.3 Å². The Labute approximate surface area is 199 Å². The molecule has 1 aliphatic heterocycles. The fraction of sp³-hybridized carbons (Fsp3) is 0.182. The van der Waals surface area contributed by atoms with Gasteiger partial charge in [-0.15, -0.1) is 0 Å². The first-order valence-electron chi connectivity index (χ1n) is 9.07. The van der Waals surface area contributed by atoms with Gasteiger partial charge in [0.15, 0.2) is 5.82 Å². The number of aromatic nitrogens is 2. The van der Waals surface area contributed by atoms with Crippen molar-refractivity contribution in [2.24, 2.45) is 0 Å². The van der Waals surface area contributed by atoms with Gasteiger partial charge in [0.1, 0.15) is 12.6 Å². The molecule has 8 heteroatoms. The minimum atomic E-state index is 0. The molecule has 0 bridgehead atoms. The molecule has 7 nitrogen and oxygen atoms in total. The maximum Gasteiger partial charge on any atom is 0.160 e. The number of benzene rings is 2. The summed E-state index contributed by atoms with van der Waals surface area (Å²) >= 11 is 0. The van der Waals surface area contributed by atoms with E-state index in [1.54, 1.807) is 24.3 Å². The third kappa shape index (κ3) is 5.30. The van der Waals surface area contributed by atoms with E-state index in [1.165, 1.54) is 5.06 Å². The Bertz CT molecular complexity index is 1010. The first kappa shape index (κ1) is 24.1. The van der Waals surface area contributed by atoms with E-state index in [0.29, 0.717) is 36.5 Å². The number of carbonyl (C=O) groups is 2. The maximum atomic E-state index is 10.9. The Hall–Kier alpha value is -2.16. The van der Waals surface area contributed by atoms with Gasteiger partial charge in [0, 0.05) is 74.2 Å². The van der Waals surface area contributed by atoms with Crippen molar-refractivity contribution in [1.82, 2.24) is 15.0 Å². The van der Waals surface area contributed by atoms with Crippen LogP contribution in [-0.4, -0.2) is 51.6 Å². The molecule has 0 saturated heterocycles. The van der Waals surface area contributed by atoms with Crippen LogP contribution in [-0.2, 0) is 45.7 Å². The van der Waals surface area contributed by atoms with E-state index in [9.17, 15) is 14.8 Å². The molecule has 4 rings (SSSR count). The molecule has 0 fully saturated rings. The van der Waals surface area contributed by atoms with Crippen LogP contribution in [0.15, 0.2) is 48.5 Å². The second kappa shape index (κ2) is 11.3. The first-order chi connectivity index (χ1) is 14.2. The molecule has 2 aromatic carbocycles. The number of aliphatic hydroxyl groups excluding tert-OH is 1. The van der Waals surface area contributed by atoms with Crippen molar-refractivity contribution in [3.8, 4) is 22.6 Å². The molecule has 30 heavy (non-hydrogen) atoms. The van der Waals surface area contributed by atoms with Crippen LogP contribution in [0.3, 0.4) is 0 Å². The zero-order valence-corrected chi connectivity index (χ0v) is 19.4. The van der Waals surface area contributed by atoms with Crippen molar-refractivity contribution in [2.75, 3.05) is 13.7 Å². The van der Waals surface area contributed by atoms with Gasteiger partial charge in [0.2, 0.25) is 0 Å². The third-order valence-corrected chi connectivity index (χ3v) is 4.67. The number of hydroxylamine groups is 2. The molecule has 3 aromatic rings. The van der Waals surface area contributed by atoms with Crippen LogP contribution < -0.4 is 0 Å². The number of hydrogen-bond donors (Lipinski definition) is 2. The molecule has 1 aliphatic rings. The van der Waals surface area contributed by atoms with Gasteiger partial charge in [-0.25, -0.2) is 9.97 Å². The molecule has 1 aromatic heterocycles. The fourth-order valence-corrected chi connectivity index (χ4v) is 3.21. The Morgan fingerprint density at radius 3 is 1.93 bits per heavy atom. The quantitative estimate of drug-likeness (QED) is 0.554. The van der Waals surface area contributed by atoms with Crippen molar-refractivity contribution >= 4 is 12.6 Å². The Kier molecular flexibility index (Phi) is 9.08. The molecule has 0 atom stereocenters. The van der Waals surface area contributed by atoms with Crippen LogP contribution in [0.25, 0.3) is 22.6 Å². The molecular weight excluding hydrogens is 459 g/mol. The monoisotopic (exact) mass is 480 g/mol. The molecule has 2 N–H and O–H groups in total. The van der Waals surface area contributed by atoms with Gasteiger partial charge in [-0.1, -0.05) is 48.5 Å². The summed E-state index contributed by atoms with van der Waals surface area (Å²) in [6, 6.07) is 14.3. The molecule has 0 unspecified atom stereocenters. The number of aldehydes is 2. The van der Waals surface area contributed by atoms with Gasteiger partial charge in [-0.05, 0) is 6.42 Å². The normalized spacial score (nSPS) is 12.6. The smallest absolute Gasteiger partial charge is 0.160 e. The SMILES string of the molecule is CO.O=Cc1ccc(-c2nc3c(c(-c4ccc(C=O)cc4)n2)CCN(O)C3)cc1.[Y]. The number of rotatable bonds is 4. The van der Waals surface area contributed by atoms with Gasteiger partial charge in [-0.3, -0.25) is 9.59 Å². The van der Waals surface area contributed by atoms with Crippen LogP contribution in [0.5, 0.6) is 0 Å². The minimum Gasteiger partial charge on any atom is -0.400 e. The second-order valence-corrected chi connectivity index (χ2v) is 6.44. The van der Waals surface area contributed by atoms with Gasteiger partial charge in [-0.2, -0.15) is 5.06 Å². The van der Waals surface area contributed by atoms with Gasteiger partial charge in [0.05, 0.1) is 17.9 Å². The predicted octanol–water partition coefficient (Wildman–Crippen LogP) is 2.79. The van der Waals surface area contributed by atoms with E-state index in [2.05, 4.69) is 4.98 Å². The molecule has 0 aliphatic carbocycles. The van der Waals surface area contributed by atoms with Gasteiger partial charge >= 0.3 is 0 Å². The average Bonchev–Trinajstić information content (AvgIpc) is 2.79. The van der Waals surface area contributed by atoms with E-state index in [-0.39, 0.29) is 32.7 Å². The number of nitrogens with zero attached hydrogens (tertiary/aromatic N) is 3. The summed E-state index contributed by atoms with van der Waals surface area (Å²) in [5.74, 6) is 0.538. The average molecular weight is 480 g/mol. The van der Waals surface area contributed by atoms with E-state index < -0.39 is 0 Å². The minimum absolute atomic E-state index is 0. The number of aliphatic hydroxyl groups is 1. The van der Waals surface area contributed by atoms with Crippen LogP contribution in [0.1, 0.15) is 32.0 Å². The Balaban J connectivity index is 0.00000104. The summed E-state index contributed by atoms with van der Waals surface area (Å²) in [5.41, 5.74) is 5.48. The number of carbonyl (C=O) groups excluding carboxylic acids is 2. The number of hydrogen-bond acceptors (Lipinski definition) is 7. The number of fused-ring (bicyclic) bond motifs is 1. The molecular formula is C22H21N3O4Y. The van der Waals surface area contributed by atoms with Crippen LogP contribution in [0, 0.1) is 0 Å². The first-order valence-corrected chi connectivity index (χ1v) is 9.07. The summed E-state index contributed by atoms with van der Waals surface area (Å²) < 4.78 is 0. The summed E-state index contributed by atoms with van der Waals surface area (Å²) in [5, 5.41) is 18.2. The fourth-order valence-electron chi connectivity index (χ4n) is 3.21. The van der Waals surface area contributed by atoms with Crippen molar-refractivity contribution in [3.05, 3.63) is 70.9 Å². The zero-order chi connectivity index (χ0) is 20.8. The van der Waals surface area contributed by atoms with Gasteiger partial charge in [0.25, 0.3) is 0 Å². The molecule has 151 valence electrons. The van der Waals surface area contributed by atoms with Crippen molar-refractivity contribution in [2.45, 2.75) is 13.0 Å². The summed E-state index contributed by atoms with van der Waals surface area (Å²) in [6.45, 7) is 0.847. The van der Waals surface area contributed by atoms with Crippen LogP contribution >= 0.6 is 0 Å². The molecule has 0 saturated carbocycles. The van der Waals surface area contributed by atoms with E-state index in [1.807, 2.05) is 24.3 Å². The zero-order valence-electron chi connectivity index (χ0n) is 16.5. The predicted molar refractivity (Wildman–Crippen MR) is 108 cm³/mol. The maximum absolute atomic E-state index is 10.9. The Morgan fingerprint density at radius 1 is 0.867 bits per heavy atom. The summed E-state index contributed by atoms with van der Waals surface area (Å²) in [7, 11) is 1.00. The van der Waals surface area contributed by atoms with E-state index >= 15 is 0 Å². The third-order valence-electron chi connectivity index (χ3n) is 4.67.